The summed E-state index contributed by atoms with van der Waals surface area (Å²) in [5, 5.41) is 9.68. The second-order valence-electron chi connectivity index (χ2n) is 6.91. The van der Waals surface area contributed by atoms with Crippen LogP contribution in [0.1, 0.15) is 45.2 Å². The highest BCUT2D eigenvalue weighted by molar-refractivity contribution is 6.12. The quantitative estimate of drug-likeness (QED) is 0.552. The molecule has 5 N–H and O–H groups in total. The molecule has 0 bridgehead atoms. The van der Waals surface area contributed by atoms with Crippen molar-refractivity contribution >= 4 is 23.7 Å². The van der Waals surface area contributed by atoms with E-state index in [1.165, 1.54) is 6.92 Å². The Hall–Kier alpha value is -3.88. The SMILES string of the molecule is CCC(C(N)=O)(C(=O)O)N1Cc2c(OCc3ccc(C(N)=O)cc3)cccc2C1=O. The van der Waals surface area contributed by atoms with E-state index in [9.17, 15) is 24.3 Å². The lowest BCUT2D eigenvalue weighted by Gasteiger charge is -2.34. The summed E-state index contributed by atoms with van der Waals surface area (Å²) in [5.74, 6) is -3.31. The summed E-state index contributed by atoms with van der Waals surface area (Å²) >= 11 is 0. The van der Waals surface area contributed by atoms with E-state index in [0.717, 1.165) is 10.5 Å². The lowest BCUT2D eigenvalue weighted by Crippen LogP contribution is -2.62. The maximum Gasteiger partial charge on any atom is 0.339 e. The Morgan fingerprint density at radius 2 is 1.80 bits per heavy atom. The van der Waals surface area contributed by atoms with Crippen LogP contribution in [0.4, 0.5) is 0 Å². The van der Waals surface area contributed by atoms with Gasteiger partial charge in [-0.25, -0.2) is 4.79 Å². The molecule has 1 atom stereocenters. The summed E-state index contributed by atoms with van der Waals surface area (Å²) in [7, 11) is 0. The van der Waals surface area contributed by atoms with Crippen molar-refractivity contribution in [3.63, 3.8) is 0 Å². The third-order valence-corrected chi connectivity index (χ3v) is 5.29. The Morgan fingerprint density at radius 1 is 1.13 bits per heavy atom. The van der Waals surface area contributed by atoms with Crippen molar-refractivity contribution in [1.29, 1.82) is 0 Å². The smallest absolute Gasteiger partial charge is 0.339 e. The van der Waals surface area contributed by atoms with Crippen LogP contribution in [0, 0.1) is 0 Å². The Morgan fingerprint density at radius 3 is 2.33 bits per heavy atom. The third kappa shape index (κ3) is 3.34. The van der Waals surface area contributed by atoms with Gasteiger partial charge in [-0.2, -0.15) is 0 Å². The van der Waals surface area contributed by atoms with E-state index in [4.69, 9.17) is 16.2 Å². The summed E-state index contributed by atoms with van der Waals surface area (Å²) in [6.07, 6.45) is -0.167. The number of nitrogens with two attached hydrogens (primary N) is 2. The first kappa shape index (κ1) is 20.8. The predicted molar refractivity (Wildman–Crippen MR) is 105 cm³/mol. The number of nitrogens with zero attached hydrogens (tertiary/aromatic N) is 1. The lowest BCUT2D eigenvalue weighted by atomic mass is 9.93. The number of carboxylic acid groups (broad SMARTS) is 1. The van der Waals surface area contributed by atoms with Gasteiger partial charge in [0.15, 0.2) is 0 Å². The number of aliphatic carboxylic acids is 1. The van der Waals surface area contributed by atoms with E-state index in [1.54, 1.807) is 42.5 Å². The zero-order valence-electron chi connectivity index (χ0n) is 16.3. The van der Waals surface area contributed by atoms with Gasteiger partial charge >= 0.3 is 5.97 Å². The van der Waals surface area contributed by atoms with Gasteiger partial charge in [0.1, 0.15) is 12.4 Å². The molecule has 1 unspecified atom stereocenters. The molecule has 1 heterocycles. The summed E-state index contributed by atoms with van der Waals surface area (Å²) in [5.41, 5.74) is 10.4. The molecular formula is C21H21N3O6. The van der Waals surface area contributed by atoms with E-state index in [2.05, 4.69) is 0 Å². The summed E-state index contributed by atoms with van der Waals surface area (Å²) < 4.78 is 5.84. The second kappa shape index (κ2) is 7.86. The van der Waals surface area contributed by atoms with Crippen molar-refractivity contribution in [2.75, 3.05) is 0 Å². The molecule has 0 radical (unpaired) electrons. The highest BCUT2D eigenvalue weighted by Gasteiger charge is 2.53. The molecule has 30 heavy (non-hydrogen) atoms. The van der Waals surface area contributed by atoms with Gasteiger partial charge in [-0.1, -0.05) is 25.1 Å². The van der Waals surface area contributed by atoms with Crippen molar-refractivity contribution < 1.29 is 29.0 Å². The monoisotopic (exact) mass is 411 g/mol. The number of hydrogen-bond donors (Lipinski definition) is 3. The standard InChI is InChI=1S/C21H21N3O6/c1-2-21(19(23)27,20(28)29)24-10-15-14(18(24)26)4-3-5-16(15)30-11-12-6-8-13(9-7-12)17(22)25/h3-9H,2,10-11H2,1H3,(H2,22,25)(H2,23,27)(H,28,29). The maximum atomic E-state index is 12.9. The minimum atomic E-state index is -2.14. The van der Waals surface area contributed by atoms with Crippen molar-refractivity contribution in [2.45, 2.75) is 32.0 Å². The molecule has 9 nitrogen and oxygen atoms in total. The normalized spacial score (nSPS) is 14.7. The second-order valence-corrected chi connectivity index (χ2v) is 6.91. The number of carboxylic acids is 1. The van der Waals surface area contributed by atoms with E-state index in [0.29, 0.717) is 16.9 Å². The summed E-state index contributed by atoms with van der Waals surface area (Å²) in [6, 6.07) is 11.4. The number of primary amides is 2. The zero-order valence-corrected chi connectivity index (χ0v) is 16.3. The third-order valence-electron chi connectivity index (χ3n) is 5.29. The Labute approximate surface area is 172 Å². The van der Waals surface area contributed by atoms with Crippen LogP contribution in [0.5, 0.6) is 5.75 Å². The number of ether oxygens (including phenoxy) is 1. The van der Waals surface area contributed by atoms with Gasteiger partial charge < -0.3 is 26.2 Å². The van der Waals surface area contributed by atoms with Crippen LogP contribution in [-0.4, -0.2) is 39.2 Å². The number of benzene rings is 2. The van der Waals surface area contributed by atoms with Crippen molar-refractivity contribution in [3.8, 4) is 5.75 Å². The van der Waals surface area contributed by atoms with Crippen LogP contribution in [-0.2, 0) is 22.7 Å². The first-order valence-electron chi connectivity index (χ1n) is 9.21. The predicted octanol–water partition coefficient (Wildman–Crippen LogP) is 1.04. The molecule has 3 amide bonds. The lowest BCUT2D eigenvalue weighted by molar-refractivity contribution is -0.156. The van der Waals surface area contributed by atoms with Gasteiger partial charge in [0.25, 0.3) is 11.8 Å². The fourth-order valence-corrected chi connectivity index (χ4v) is 3.54. The van der Waals surface area contributed by atoms with Gasteiger partial charge in [-0.3, -0.25) is 14.4 Å². The maximum absolute atomic E-state index is 12.9. The molecule has 0 saturated heterocycles. The summed E-state index contributed by atoms with van der Waals surface area (Å²) in [6.45, 7) is 1.52. The number of amides is 3. The van der Waals surface area contributed by atoms with Crippen molar-refractivity contribution in [2.24, 2.45) is 11.5 Å². The van der Waals surface area contributed by atoms with Gasteiger partial charge in [-0.05, 0) is 36.2 Å². The van der Waals surface area contributed by atoms with Gasteiger partial charge in [0.2, 0.25) is 11.4 Å². The van der Waals surface area contributed by atoms with Crippen molar-refractivity contribution in [1.82, 2.24) is 4.90 Å². The fraction of sp³-hybridized carbons (Fsp3) is 0.238. The molecule has 2 aromatic rings. The van der Waals surface area contributed by atoms with E-state index in [1.807, 2.05) is 0 Å². The summed E-state index contributed by atoms with van der Waals surface area (Å²) in [4.78, 5) is 49.0. The van der Waals surface area contributed by atoms with Crippen LogP contribution in [0.2, 0.25) is 0 Å². The van der Waals surface area contributed by atoms with Crippen LogP contribution >= 0.6 is 0 Å². The molecule has 9 heteroatoms. The molecule has 156 valence electrons. The van der Waals surface area contributed by atoms with Gasteiger partial charge in [0, 0.05) is 16.7 Å². The average molecular weight is 411 g/mol. The van der Waals surface area contributed by atoms with Crippen LogP contribution in [0.15, 0.2) is 42.5 Å². The number of carbonyl (C=O) groups excluding carboxylic acids is 3. The van der Waals surface area contributed by atoms with Gasteiger partial charge in [0.05, 0.1) is 6.54 Å². The number of carbonyl (C=O) groups is 4. The average Bonchev–Trinajstić information content (AvgIpc) is 3.05. The molecule has 3 rings (SSSR count). The van der Waals surface area contributed by atoms with E-state index in [-0.39, 0.29) is 25.1 Å². The molecule has 1 aliphatic rings. The van der Waals surface area contributed by atoms with Gasteiger partial charge in [-0.15, -0.1) is 0 Å². The fourth-order valence-electron chi connectivity index (χ4n) is 3.54. The Kier molecular flexibility index (Phi) is 5.46. The minimum absolute atomic E-state index is 0.117. The highest BCUT2D eigenvalue weighted by atomic mass is 16.5. The highest BCUT2D eigenvalue weighted by Crippen LogP contribution is 2.36. The molecule has 0 spiro atoms. The number of fused-ring (bicyclic) bond motifs is 1. The number of rotatable bonds is 8. The molecule has 0 saturated carbocycles. The van der Waals surface area contributed by atoms with Crippen molar-refractivity contribution in [3.05, 3.63) is 64.7 Å². The van der Waals surface area contributed by atoms with Crippen LogP contribution in [0.3, 0.4) is 0 Å². The van der Waals surface area contributed by atoms with E-state index < -0.39 is 29.2 Å². The number of hydrogen-bond acceptors (Lipinski definition) is 5. The largest absolute Gasteiger partial charge is 0.489 e. The molecule has 2 aromatic carbocycles. The van der Waals surface area contributed by atoms with Crippen LogP contribution in [0.25, 0.3) is 0 Å². The Balaban J connectivity index is 1.87. The minimum Gasteiger partial charge on any atom is -0.489 e. The topological polar surface area (TPSA) is 153 Å². The molecule has 0 aromatic heterocycles. The first-order chi connectivity index (χ1) is 14.2. The molecular weight excluding hydrogens is 390 g/mol. The van der Waals surface area contributed by atoms with Crippen LogP contribution < -0.4 is 16.2 Å². The zero-order chi connectivity index (χ0) is 22.1. The Bertz CT molecular complexity index is 1020. The van der Waals surface area contributed by atoms with E-state index >= 15 is 0 Å². The molecule has 1 aliphatic heterocycles. The molecule has 0 aliphatic carbocycles. The molecule has 0 fully saturated rings. The first-order valence-corrected chi connectivity index (χ1v) is 9.21.